The number of nitrogens with zero attached hydrogens (tertiary/aromatic N) is 5. The Bertz CT molecular complexity index is 3860. The molecule has 12 rings (SSSR count). The number of methoxy groups -OCH3 is 2. The van der Waals surface area contributed by atoms with Crippen LogP contribution in [0.4, 0.5) is 11.4 Å². The van der Waals surface area contributed by atoms with Gasteiger partial charge in [0.05, 0.1) is 69.5 Å². The van der Waals surface area contributed by atoms with Gasteiger partial charge in [0.1, 0.15) is 56.5 Å². The predicted molar refractivity (Wildman–Crippen MR) is 327 cm³/mol. The summed E-state index contributed by atoms with van der Waals surface area (Å²) in [6, 6.07) is 39.7. The number of quaternary nitrogens is 1. The molecule has 4 N–H and O–H groups in total. The summed E-state index contributed by atoms with van der Waals surface area (Å²) in [5.74, 6) is 0.713. The van der Waals surface area contributed by atoms with Crippen LogP contribution in [0.5, 0.6) is 40.2 Å². The third-order valence-electron chi connectivity index (χ3n) is 16.5. The summed E-state index contributed by atoms with van der Waals surface area (Å²) in [4.78, 5) is 41.8. The van der Waals surface area contributed by atoms with E-state index in [9.17, 15) is 38.4 Å². The zero-order valence-corrected chi connectivity index (χ0v) is 50.4. The summed E-state index contributed by atoms with van der Waals surface area (Å²) in [5.41, 5.74) is 10.3. The van der Waals surface area contributed by atoms with Gasteiger partial charge in [-0.1, -0.05) is 54.6 Å². The molecule has 22 heteroatoms. The molecule has 0 aromatic heterocycles. The molecule has 2 amide bonds. The largest absolute Gasteiger partial charge is 0.501 e. The Morgan fingerprint density at radius 1 is 0.573 bits per heavy atom. The van der Waals surface area contributed by atoms with Crippen LogP contribution >= 0.6 is 0 Å². The van der Waals surface area contributed by atoms with E-state index < -0.39 is 47.7 Å². The fraction of sp³-hybridized carbons (Fsp3) is 0.313. The number of carbonyl (C=O) groups excluding carboxylic acids is 2. The summed E-state index contributed by atoms with van der Waals surface area (Å²) in [6.07, 6.45) is -3.01. The highest BCUT2D eigenvalue weighted by Crippen LogP contribution is 2.42. The molecule has 0 aliphatic carbocycles. The lowest BCUT2D eigenvalue weighted by molar-refractivity contribution is -0.916. The Morgan fingerprint density at radius 3 is 1.62 bits per heavy atom. The maximum atomic E-state index is 14.2. The normalized spacial score (nSPS) is 21.0. The van der Waals surface area contributed by atoms with Gasteiger partial charge in [0, 0.05) is 48.8 Å². The smallest absolute Gasteiger partial charge is 0.493 e. The number of aliphatic hydroxyl groups excluding tert-OH is 4. The Balaban J connectivity index is 0.772. The van der Waals surface area contributed by atoms with Gasteiger partial charge in [0.15, 0.2) is 34.5 Å². The molecule has 462 valence electrons. The van der Waals surface area contributed by atoms with Gasteiger partial charge in [-0.15, -0.1) is 8.42 Å². The average Bonchev–Trinajstić information content (AvgIpc) is 2.16. The molecule has 1 saturated heterocycles. The van der Waals surface area contributed by atoms with Crippen LogP contribution in [0.3, 0.4) is 0 Å². The Kier molecular flexibility index (Phi) is 16.9. The third-order valence-corrected chi connectivity index (χ3v) is 17.3. The van der Waals surface area contributed by atoms with Crippen LogP contribution in [-0.4, -0.2) is 145 Å². The van der Waals surface area contributed by atoms with E-state index in [0.29, 0.717) is 94.6 Å². The average molecular weight is 1230 g/mol. The number of aryl methyl sites for hydroxylation is 1. The molecule has 7 aromatic carbocycles. The van der Waals surface area contributed by atoms with E-state index in [1.807, 2.05) is 52.6 Å². The summed E-state index contributed by atoms with van der Waals surface area (Å²) < 4.78 is 74.1. The zero-order chi connectivity index (χ0) is 62.3. The van der Waals surface area contributed by atoms with E-state index in [2.05, 4.69) is 50.5 Å². The van der Waals surface area contributed by atoms with Crippen LogP contribution in [0.1, 0.15) is 70.8 Å². The minimum atomic E-state index is -4.80. The molecule has 0 spiro atoms. The molecule has 5 heterocycles. The quantitative estimate of drug-likeness (QED) is 0.0576. The van der Waals surface area contributed by atoms with Crippen molar-refractivity contribution in [1.82, 2.24) is 9.80 Å². The van der Waals surface area contributed by atoms with Crippen molar-refractivity contribution < 1.29 is 79.7 Å². The number of rotatable bonds is 19. The first-order chi connectivity index (χ1) is 42.8. The number of aliphatic imine (C=N–C) groups is 2. The molecule has 7 aromatic rings. The molecular formula is C67H68N5O16S+. The van der Waals surface area contributed by atoms with Crippen LogP contribution in [0, 0.1) is 6.92 Å². The van der Waals surface area contributed by atoms with Crippen molar-refractivity contribution in [3.05, 3.63) is 195 Å². The molecule has 21 nitrogen and oxygen atoms in total. The lowest BCUT2D eigenvalue weighted by Crippen LogP contribution is -2.60. The van der Waals surface area contributed by atoms with Crippen molar-refractivity contribution in [3.63, 3.8) is 0 Å². The van der Waals surface area contributed by atoms with E-state index >= 15 is 0 Å². The number of ether oxygens (including phenoxy) is 6. The maximum absolute atomic E-state index is 14.2. The van der Waals surface area contributed by atoms with Crippen molar-refractivity contribution in [1.29, 1.82) is 0 Å². The maximum Gasteiger partial charge on any atom is 0.501 e. The van der Waals surface area contributed by atoms with Crippen LogP contribution in [-0.2, 0) is 67.4 Å². The van der Waals surface area contributed by atoms with Gasteiger partial charge in [-0.25, -0.2) is 0 Å². The number of amides is 2. The molecular weight excluding hydrogens is 1160 g/mol. The summed E-state index contributed by atoms with van der Waals surface area (Å²) in [6.45, 7) is 3.11. The lowest BCUT2D eigenvalue weighted by atomic mass is 9.94. The molecule has 0 radical (unpaired) electrons. The summed E-state index contributed by atoms with van der Waals surface area (Å²) in [5, 5.41) is 40.8. The van der Waals surface area contributed by atoms with Crippen molar-refractivity contribution in [2.75, 3.05) is 34.9 Å². The lowest BCUT2D eigenvalue weighted by Gasteiger charge is -2.39. The second-order valence-corrected chi connectivity index (χ2v) is 24.7. The highest BCUT2D eigenvalue weighted by atomic mass is 32.3. The summed E-state index contributed by atoms with van der Waals surface area (Å²) >= 11 is 0. The number of aliphatic hydroxyl groups is 4. The SMILES string of the molecule is COc1cc2c(cc1OCc1cc(COc3cc4c(cc3OC)C(=O)N3Cc5ccccc5C[C@H]3C=N4)cc(C[N+](C)(C)Cc3ccc(OS(=O)(=O)Oc4cc(C)ccc4OC4O[C@H](CO)[C@H](O)[C@H](O)[C@H]4O)cc3)c1)N=C[C@@H]1Cc3ccccc3CN1C2=O. The van der Waals surface area contributed by atoms with E-state index in [1.165, 1.54) is 49.6 Å². The standard InChI is InChI=1S/C67H68N5O16S/c1-39-14-19-55(85-67-64(76)63(75)62(74)61(36-73)86-67)60(20-39)88-89(79,80)87-50-17-15-40(16-18-50)34-72(2,3)35-41-21-42(37-83-58-28-53-51(26-56(58)81-4)65(77)70-32-46-12-8-6-10-44(46)24-48(70)30-68-53)23-43(22-41)38-84-59-29-54-52(27-57(59)82-5)66(78)71-33-47-13-9-7-11-45(47)25-49(71)31-69-54/h6-23,26-31,48-49,61-64,67,73-76H,24-25,32-38H2,1-5H3/q+1/t48-,49-,61+,62-,63-,64+,67?/m0/s1. The van der Waals surface area contributed by atoms with E-state index in [4.69, 9.17) is 46.8 Å². The highest BCUT2D eigenvalue weighted by molar-refractivity contribution is 7.82. The van der Waals surface area contributed by atoms with Gasteiger partial charge in [-0.05, 0) is 125 Å². The first kappa shape index (κ1) is 60.4. The highest BCUT2D eigenvalue weighted by Gasteiger charge is 2.45. The fourth-order valence-electron chi connectivity index (χ4n) is 12.1. The van der Waals surface area contributed by atoms with E-state index in [0.717, 1.165) is 33.4 Å². The molecule has 5 aliphatic rings. The monoisotopic (exact) mass is 1230 g/mol. The van der Waals surface area contributed by atoms with Gasteiger partial charge < -0.3 is 71.5 Å². The van der Waals surface area contributed by atoms with Crippen LogP contribution in [0.2, 0.25) is 0 Å². The van der Waals surface area contributed by atoms with Crippen LogP contribution < -0.4 is 32.1 Å². The Hall–Kier alpha value is -8.87. The number of benzene rings is 7. The first-order valence-electron chi connectivity index (χ1n) is 29.1. The second-order valence-electron chi connectivity index (χ2n) is 23.5. The molecule has 1 fully saturated rings. The van der Waals surface area contributed by atoms with Gasteiger partial charge in [0.2, 0.25) is 6.29 Å². The van der Waals surface area contributed by atoms with Crippen molar-refractivity contribution in [2.24, 2.45) is 9.98 Å². The minimum Gasteiger partial charge on any atom is -0.493 e. The number of hydrogen-bond acceptors (Lipinski definition) is 18. The minimum absolute atomic E-state index is 0.0435. The summed E-state index contributed by atoms with van der Waals surface area (Å²) in [7, 11) is 2.40. The number of hydrogen-bond donors (Lipinski definition) is 4. The topological polar surface area (TPSA) is 254 Å². The van der Waals surface area contributed by atoms with Crippen molar-refractivity contribution in [3.8, 4) is 40.2 Å². The molecule has 1 unspecified atom stereocenters. The second kappa shape index (κ2) is 25.0. The number of carbonyl (C=O) groups is 2. The predicted octanol–water partition coefficient (Wildman–Crippen LogP) is 7.39. The molecule has 7 atom stereocenters. The fourth-order valence-corrected chi connectivity index (χ4v) is 12.8. The van der Waals surface area contributed by atoms with E-state index in [1.54, 1.807) is 49.4 Å². The Morgan fingerprint density at radius 2 is 1.09 bits per heavy atom. The molecule has 0 bridgehead atoms. The van der Waals surface area contributed by atoms with Gasteiger partial charge in [0.25, 0.3) is 11.8 Å². The number of fused-ring (bicyclic) bond motifs is 6. The van der Waals surface area contributed by atoms with Gasteiger partial charge in [-0.2, -0.15) is 0 Å². The molecule has 0 saturated carbocycles. The molecule has 5 aliphatic heterocycles. The van der Waals surface area contributed by atoms with Crippen molar-refractivity contribution in [2.45, 2.75) is 102 Å². The van der Waals surface area contributed by atoms with Crippen LogP contribution in [0.15, 0.2) is 143 Å². The third kappa shape index (κ3) is 13.0. The molecule has 89 heavy (non-hydrogen) atoms. The van der Waals surface area contributed by atoms with E-state index in [-0.39, 0.29) is 54.4 Å². The van der Waals surface area contributed by atoms with Crippen LogP contribution in [0.25, 0.3) is 0 Å². The van der Waals surface area contributed by atoms with Gasteiger partial charge >= 0.3 is 10.4 Å². The van der Waals surface area contributed by atoms with Crippen molar-refractivity contribution >= 4 is 46.0 Å². The Labute approximate surface area is 515 Å². The van der Waals surface area contributed by atoms with Gasteiger partial charge in [-0.3, -0.25) is 19.6 Å². The zero-order valence-electron chi connectivity index (χ0n) is 49.6. The first-order valence-corrected chi connectivity index (χ1v) is 30.4.